The highest BCUT2D eigenvalue weighted by atomic mass is 79.9. The molecule has 1 aliphatic rings. The Morgan fingerprint density at radius 3 is 2.67 bits per heavy atom. The van der Waals surface area contributed by atoms with E-state index in [4.69, 9.17) is 5.73 Å². The molecule has 0 aliphatic heterocycles. The molecule has 1 fully saturated rings. The normalized spacial score (nSPS) is 26.8. The first kappa shape index (κ1) is 11.0. The van der Waals surface area contributed by atoms with E-state index in [2.05, 4.69) is 28.0 Å². The largest absolute Gasteiger partial charge is 0.381 e. The summed E-state index contributed by atoms with van der Waals surface area (Å²) in [6.45, 7) is 3.36. The Bertz CT molecular complexity index is 307. The standard InChI is InChI=1S/C11H18BrN3/c1-8-2-4-9(5-3-8)6-15-7-10(12)11(13)14-15/h7-9H,2-6H2,1H3,(H2,13,14). The van der Waals surface area contributed by atoms with Gasteiger partial charge in [-0.25, -0.2) is 0 Å². The van der Waals surface area contributed by atoms with Gasteiger partial charge >= 0.3 is 0 Å². The van der Waals surface area contributed by atoms with Crippen LogP contribution in [0.5, 0.6) is 0 Å². The number of hydrogen-bond donors (Lipinski definition) is 1. The van der Waals surface area contributed by atoms with E-state index < -0.39 is 0 Å². The molecule has 0 radical (unpaired) electrons. The zero-order valence-electron chi connectivity index (χ0n) is 9.12. The third-order valence-electron chi connectivity index (χ3n) is 3.32. The lowest BCUT2D eigenvalue weighted by Gasteiger charge is -2.25. The molecule has 0 amide bonds. The van der Waals surface area contributed by atoms with Gasteiger partial charge in [0.25, 0.3) is 0 Å². The third-order valence-corrected chi connectivity index (χ3v) is 3.93. The van der Waals surface area contributed by atoms with Gasteiger partial charge < -0.3 is 5.73 Å². The van der Waals surface area contributed by atoms with Crippen LogP contribution in [0.4, 0.5) is 5.82 Å². The van der Waals surface area contributed by atoms with Gasteiger partial charge in [-0.1, -0.05) is 19.8 Å². The van der Waals surface area contributed by atoms with E-state index in [9.17, 15) is 0 Å². The van der Waals surface area contributed by atoms with Crippen LogP contribution in [-0.4, -0.2) is 9.78 Å². The van der Waals surface area contributed by atoms with E-state index in [1.165, 1.54) is 25.7 Å². The maximum Gasteiger partial charge on any atom is 0.159 e. The highest BCUT2D eigenvalue weighted by Gasteiger charge is 2.19. The van der Waals surface area contributed by atoms with Crippen molar-refractivity contribution in [2.24, 2.45) is 11.8 Å². The monoisotopic (exact) mass is 271 g/mol. The van der Waals surface area contributed by atoms with Crippen molar-refractivity contribution in [2.45, 2.75) is 39.2 Å². The topological polar surface area (TPSA) is 43.8 Å². The van der Waals surface area contributed by atoms with Crippen LogP contribution in [0.25, 0.3) is 0 Å². The molecule has 3 nitrogen and oxygen atoms in total. The summed E-state index contributed by atoms with van der Waals surface area (Å²) in [6.07, 6.45) is 7.37. The fourth-order valence-corrected chi connectivity index (χ4v) is 2.60. The van der Waals surface area contributed by atoms with Gasteiger partial charge in [-0.05, 0) is 40.6 Å². The average Bonchev–Trinajstić information content (AvgIpc) is 2.50. The van der Waals surface area contributed by atoms with Gasteiger partial charge in [-0.2, -0.15) is 5.10 Å². The molecule has 0 atom stereocenters. The number of nitrogens with two attached hydrogens (primary N) is 1. The Morgan fingerprint density at radius 2 is 2.13 bits per heavy atom. The van der Waals surface area contributed by atoms with E-state index in [0.717, 1.165) is 22.9 Å². The molecule has 0 saturated heterocycles. The van der Waals surface area contributed by atoms with Crippen molar-refractivity contribution in [3.8, 4) is 0 Å². The molecule has 1 saturated carbocycles. The summed E-state index contributed by atoms with van der Waals surface area (Å²) in [6, 6.07) is 0. The van der Waals surface area contributed by atoms with E-state index >= 15 is 0 Å². The number of nitrogens with zero attached hydrogens (tertiary/aromatic N) is 2. The highest BCUT2D eigenvalue weighted by molar-refractivity contribution is 9.10. The molecule has 2 N–H and O–H groups in total. The van der Waals surface area contributed by atoms with Crippen molar-refractivity contribution in [2.75, 3.05) is 5.73 Å². The highest BCUT2D eigenvalue weighted by Crippen LogP contribution is 2.29. The molecule has 0 unspecified atom stereocenters. The van der Waals surface area contributed by atoms with Gasteiger partial charge in [0.2, 0.25) is 0 Å². The fraction of sp³-hybridized carbons (Fsp3) is 0.727. The molecule has 0 aromatic carbocycles. The van der Waals surface area contributed by atoms with Gasteiger partial charge in [0, 0.05) is 12.7 Å². The summed E-state index contributed by atoms with van der Waals surface area (Å²) >= 11 is 3.38. The summed E-state index contributed by atoms with van der Waals surface area (Å²) in [7, 11) is 0. The molecular formula is C11H18BrN3. The molecule has 2 rings (SSSR count). The van der Waals surface area contributed by atoms with Gasteiger partial charge in [0.1, 0.15) is 0 Å². The number of aromatic nitrogens is 2. The van der Waals surface area contributed by atoms with Crippen LogP contribution in [0.15, 0.2) is 10.7 Å². The van der Waals surface area contributed by atoms with Crippen LogP contribution in [0.1, 0.15) is 32.6 Å². The Kier molecular flexibility index (Phi) is 3.34. The quantitative estimate of drug-likeness (QED) is 0.899. The van der Waals surface area contributed by atoms with Crippen LogP contribution >= 0.6 is 15.9 Å². The van der Waals surface area contributed by atoms with Crippen LogP contribution in [-0.2, 0) is 6.54 Å². The Hall–Kier alpha value is -0.510. The second kappa shape index (κ2) is 4.56. The summed E-state index contributed by atoms with van der Waals surface area (Å²) in [5, 5.41) is 4.27. The van der Waals surface area contributed by atoms with Crippen molar-refractivity contribution in [1.29, 1.82) is 0 Å². The first-order valence-electron chi connectivity index (χ1n) is 5.63. The lowest BCUT2D eigenvalue weighted by molar-refractivity contribution is 0.258. The molecule has 4 heteroatoms. The van der Waals surface area contributed by atoms with E-state index in [-0.39, 0.29) is 0 Å². The fourth-order valence-electron chi connectivity index (χ4n) is 2.28. The second-order valence-corrected chi connectivity index (χ2v) is 5.56. The smallest absolute Gasteiger partial charge is 0.159 e. The molecule has 84 valence electrons. The van der Waals surface area contributed by atoms with Crippen LogP contribution < -0.4 is 5.73 Å². The van der Waals surface area contributed by atoms with Crippen molar-refractivity contribution >= 4 is 21.7 Å². The maximum absolute atomic E-state index is 5.69. The lowest BCUT2D eigenvalue weighted by atomic mass is 9.83. The molecule has 15 heavy (non-hydrogen) atoms. The Balaban J connectivity index is 1.91. The van der Waals surface area contributed by atoms with E-state index in [0.29, 0.717) is 5.82 Å². The SMILES string of the molecule is CC1CCC(Cn2cc(Br)c(N)n2)CC1. The van der Waals surface area contributed by atoms with Crippen molar-refractivity contribution < 1.29 is 0 Å². The number of hydrogen-bond acceptors (Lipinski definition) is 2. The molecular weight excluding hydrogens is 254 g/mol. The second-order valence-electron chi connectivity index (χ2n) is 4.71. The number of nitrogen functional groups attached to an aromatic ring is 1. The Morgan fingerprint density at radius 1 is 1.47 bits per heavy atom. The van der Waals surface area contributed by atoms with Gasteiger partial charge in [-0.3, -0.25) is 4.68 Å². The summed E-state index contributed by atoms with van der Waals surface area (Å²) < 4.78 is 2.88. The molecule has 1 heterocycles. The van der Waals surface area contributed by atoms with E-state index in [1.54, 1.807) is 0 Å². The summed E-state index contributed by atoms with van der Waals surface area (Å²) in [5.41, 5.74) is 5.69. The first-order chi connectivity index (χ1) is 7.15. The maximum atomic E-state index is 5.69. The minimum atomic E-state index is 0.596. The van der Waals surface area contributed by atoms with Crippen LogP contribution in [0.3, 0.4) is 0 Å². The van der Waals surface area contributed by atoms with Crippen LogP contribution in [0.2, 0.25) is 0 Å². The van der Waals surface area contributed by atoms with E-state index in [1.807, 2.05) is 10.9 Å². The van der Waals surface area contributed by atoms with Crippen molar-refractivity contribution in [3.63, 3.8) is 0 Å². The molecule has 1 aliphatic carbocycles. The molecule has 1 aromatic heterocycles. The minimum Gasteiger partial charge on any atom is -0.381 e. The molecule has 0 spiro atoms. The Labute approximate surface area is 99.2 Å². The average molecular weight is 272 g/mol. The predicted octanol–water partition coefficient (Wildman–Crippen LogP) is 3.05. The summed E-state index contributed by atoms with van der Waals surface area (Å²) in [5.74, 6) is 2.29. The molecule has 1 aromatic rings. The van der Waals surface area contributed by atoms with Gasteiger partial charge in [0.15, 0.2) is 5.82 Å². The van der Waals surface area contributed by atoms with Gasteiger partial charge in [0.05, 0.1) is 4.47 Å². The third kappa shape index (κ3) is 2.74. The lowest BCUT2D eigenvalue weighted by Crippen LogP contribution is -2.18. The number of halogens is 1. The number of anilines is 1. The van der Waals surface area contributed by atoms with Crippen LogP contribution in [0, 0.1) is 11.8 Å². The first-order valence-corrected chi connectivity index (χ1v) is 6.43. The summed E-state index contributed by atoms with van der Waals surface area (Å²) in [4.78, 5) is 0. The van der Waals surface area contributed by atoms with Crippen molar-refractivity contribution in [1.82, 2.24) is 9.78 Å². The zero-order valence-corrected chi connectivity index (χ0v) is 10.7. The number of rotatable bonds is 2. The van der Waals surface area contributed by atoms with Gasteiger partial charge in [-0.15, -0.1) is 0 Å². The molecule has 0 bridgehead atoms. The van der Waals surface area contributed by atoms with Crippen molar-refractivity contribution in [3.05, 3.63) is 10.7 Å². The predicted molar refractivity (Wildman–Crippen MR) is 65.5 cm³/mol. The minimum absolute atomic E-state index is 0.596. The zero-order chi connectivity index (χ0) is 10.8.